The number of pyridine rings is 1. The largest absolute Gasteiger partial charge is 0.378 e. The van der Waals surface area contributed by atoms with Gasteiger partial charge in [0, 0.05) is 24.8 Å². The first kappa shape index (κ1) is 18.2. The summed E-state index contributed by atoms with van der Waals surface area (Å²) in [5.41, 5.74) is 2.57. The van der Waals surface area contributed by atoms with Gasteiger partial charge in [0.15, 0.2) is 0 Å². The number of halogens is 1. The Bertz CT molecular complexity index is 1100. The summed E-state index contributed by atoms with van der Waals surface area (Å²) in [6.45, 7) is 2.28. The Kier molecular flexibility index (Phi) is 5.09. The molecule has 0 unspecified atom stereocenters. The van der Waals surface area contributed by atoms with Crippen molar-refractivity contribution >= 4 is 16.6 Å². The van der Waals surface area contributed by atoms with Crippen LogP contribution in [0, 0.1) is 17.1 Å². The van der Waals surface area contributed by atoms with E-state index in [1.54, 1.807) is 0 Å². The first-order valence-electron chi connectivity index (χ1n) is 9.32. The number of aromatic amines is 1. The molecule has 28 heavy (non-hydrogen) atoms. The molecule has 1 saturated heterocycles. The summed E-state index contributed by atoms with van der Waals surface area (Å²) in [5, 5.41) is 9.36. The van der Waals surface area contributed by atoms with Crippen molar-refractivity contribution in [3.8, 4) is 6.07 Å². The van der Waals surface area contributed by atoms with Crippen LogP contribution in [0.15, 0.2) is 47.4 Å². The van der Waals surface area contributed by atoms with E-state index >= 15 is 4.39 Å². The lowest BCUT2D eigenvalue weighted by Gasteiger charge is -2.31. The Morgan fingerprint density at radius 3 is 2.64 bits per heavy atom. The first-order chi connectivity index (χ1) is 13.7. The molecular formula is C22H20FN3O2. The maximum absolute atomic E-state index is 15.2. The number of hydrogen-bond acceptors (Lipinski definition) is 4. The molecule has 142 valence electrons. The van der Waals surface area contributed by atoms with Crippen LogP contribution in [0.4, 0.5) is 10.1 Å². The van der Waals surface area contributed by atoms with Crippen LogP contribution in [0.1, 0.15) is 16.7 Å². The number of aromatic nitrogens is 1. The molecule has 4 rings (SSSR count). The average Bonchev–Trinajstić information content (AvgIpc) is 2.74. The highest BCUT2D eigenvalue weighted by atomic mass is 19.1. The molecule has 2 heterocycles. The van der Waals surface area contributed by atoms with Crippen LogP contribution in [0.25, 0.3) is 10.9 Å². The predicted octanol–water partition coefficient (Wildman–Crippen LogP) is 3.16. The van der Waals surface area contributed by atoms with Gasteiger partial charge in [0.2, 0.25) is 5.43 Å². The molecule has 0 aliphatic carbocycles. The van der Waals surface area contributed by atoms with Gasteiger partial charge < -0.3 is 14.6 Å². The number of fused-ring (bicyclic) bond motifs is 1. The minimum Gasteiger partial charge on any atom is -0.378 e. The number of morpholine rings is 1. The van der Waals surface area contributed by atoms with Crippen molar-refractivity contribution in [1.82, 2.24) is 4.98 Å². The van der Waals surface area contributed by atoms with Crippen LogP contribution in [-0.4, -0.2) is 31.3 Å². The number of ether oxygens (including phenoxy) is 1. The van der Waals surface area contributed by atoms with Crippen molar-refractivity contribution in [3.63, 3.8) is 0 Å². The zero-order chi connectivity index (χ0) is 19.5. The lowest BCUT2D eigenvalue weighted by Crippen LogP contribution is -2.37. The lowest BCUT2D eigenvalue weighted by atomic mass is 9.97. The van der Waals surface area contributed by atoms with Crippen LogP contribution >= 0.6 is 0 Å². The number of nitriles is 1. The van der Waals surface area contributed by atoms with Crippen molar-refractivity contribution in [1.29, 1.82) is 5.26 Å². The molecule has 1 aromatic heterocycles. The van der Waals surface area contributed by atoms with E-state index in [-0.39, 0.29) is 10.9 Å². The van der Waals surface area contributed by atoms with E-state index in [9.17, 15) is 4.79 Å². The van der Waals surface area contributed by atoms with Gasteiger partial charge in [0.25, 0.3) is 0 Å². The molecule has 6 heteroatoms. The second-order valence-electron chi connectivity index (χ2n) is 6.84. The monoisotopic (exact) mass is 377 g/mol. The number of benzene rings is 2. The molecular weight excluding hydrogens is 357 g/mol. The third-order valence-electron chi connectivity index (χ3n) is 5.16. The number of nitrogens with one attached hydrogen (secondary N) is 1. The maximum Gasteiger partial charge on any atom is 0.207 e. The quantitative estimate of drug-likeness (QED) is 0.758. The van der Waals surface area contributed by atoms with Crippen molar-refractivity contribution < 1.29 is 9.13 Å². The smallest absolute Gasteiger partial charge is 0.207 e. The maximum atomic E-state index is 15.2. The summed E-state index contributed by atoms with van der Waals surface area (Å²) < 4.78 is 20.6. The van der Waals surface area contributed by atoms with Crippen molar-refractivity contribution in [2.24, 2.45) is 0 Å². The Labute approximate surface area is 162 Å². The molecule has 1 aliphatic rings. The van der Waals surface area contributed by atoms with Gasteiger partial charge in [-0.3, -0.25) is 4.79 Å². The van der Waals surface area contributed by atoms with Gasteiger partial charge in [-0.2, -0.15) is 5.26 Å². The van der Waals surface area contributed by atoms with E-state index in [2.05, 4.69) is 4.98 Å². The SMILES string of the molecule is N#Cc1c[nH]c2c(CCc3ccccc3)c(N3CCOCC3)c(F)cc2c1=O. The molecule has 0 bridgehead atoms. The Balaban J connectivity index is 1.87. The summed E-state index contributed by atoms with van der Waals surface area (Å²) in [6, 6.07) is 13.1. The number of aryl methyl sites for hydroxylation is 2. The highest BCUT2D eigenvalue weighted by Crippen LogP contribution is 2.32. The molecule has 5 nitrogen and oxygen atoms in total. The number of anilines is 1. The first-order valence-corrected chi connectivity index (χ1v) is 9.32. The van der Waals surface area contributed by atoms with E-state index in [1.807, 2.05) is 41.3 Å². The van der Waals surface area contributed by atoms with Gasteiger partial charge >= 0.3 is 0 Å². The fourth-order valence-electron chi connectivity index (χ4n) is 3.76. The zero-order valence-electron chi connectivity index (χ0n) is 15.4. The van der Waals surface area contributed by atoms with Gasteiger partial charge in [-0.15, -0.1) is 0 Å². The van der Waals surface area contributed by atoms with E-state index in [0.717, 1.165) is 17.5 Å². The minimum absolute atomic E-state index is 0.0139. The van der Waals surface area contributed by atoms with Crippen molar-refractivity contribution in [2.45, 2.75) is 12.8 Å². The number of H-pyrrole nitrogens is 1. The van der Waals surface area contributed by atoms with E-state index in [4.69, 9.17) is 10.00 Å². The predicted molar refractivity (Wildman–Crippen MR) is 106 cm³/mol. The number of rotatable bonds is 4. The standard InChI is InChI=1S/C22H20FN3O2/c23-19-12-18-20(25-14-16(13-24)22(18)27)17(7-6-15-4-2-1-3-5-15)21(19)26-8-10-28-11-9-26/h1-5,12,14H,6-11H2,(H,25,27). The van der Waals surface area contributed by atoms with Gasteiger partial charge in [-0.05, 0) is 24.5 Å². The van der Waals surface area contributed by atoms with Gasteiger partial charge in [-0.1, -0.05) is 30.3 Å². The van der Waals surface area contributed by atoms with Crippen molar-refractivity contribution in [3.05, 3.63) is 75.3 Å². The Morgan fingerprint density at radius 2 is 1.93 bits per heavy atom. The van der Waals surface area contributed by atoms with Gasteiger partial charge in [0.1, 0.15) is 17.4 Å². The van der Waals surface area contributed by atoms with Crippen LogP contribution < -0.4 is 10.3 Å². The summed E-state index contributed by atoms with van der Waals surface area (Å²) in [5.74, 6) is -0.432. The second-order valence-corrected chi connectivity index (χ2v) is 6.84. The third-order valence-corrected chi connectivity index (χ3v) is 5.16. The molecule has 0 saturated carbocycles. The Hall–Kier alpha value is -3.17. The molecule has 0 spiro atoms. The second kappa shape index (κ2) is 7.83. The number of hydrogen-bond donors (Lipinski definition) is 1. The third kappa shape index (κ3) is 3.37. The molecule has 0 radical (unpaired) electrons. The fourth-order valence-corrected chi connectivity index (χ4v) is 3.76. The van der Waals surface area contributed by atoms with Crippen LogP contribution in [0.3, 0.4) is 0 Å². The highest BCUT2D eigenvalue weighted by molar-refractivity contribution is 5.88. The molecule has 1 aliphatic heterocycles. The van der Waals surface area contributed by atoms with E-state index in [1.165, 1.54) is 12.3 Å². The van der Waals surface area contributed by atoms with E-state index < -0.39 is 11.2 Å². The fraction of sp³-hybridized carbons (Fsp3) is 0.273. The molecule has 0 amide bonds. The Morgan fingerprint density at radius 1 is 1.18 bits per heavy atom. The average molecular weight is 377 g/mol. The topological polar surface area (TPSA) is 69.1 Å². The normalized spacial score (nSPS) is 14.2. The van der Waals surface area contributed by atoms with Gasteiger partial charge in [0.05, 0.1) is 29.8 Å². The van der Waals surface area contributed by atoms with Crippen LogP contribution in [-0.2, 0) is 17.6 Å². The van der Waals surface area contributed by atoms with Crippen LogP contribution in [0.2, 0.25) is 0 Å². The summed E-state index contributed by atoms with van der Waals surface area (Å²) in [6.07, 6.45) is 2.71. The highest BCUT2D eigenvalue weighted by Gasteiger charge is 2.23. The summed E-state index contributed by atoms with van der Waals surface area (Å²) in [7, 11) is 0. The van der Waals surface area contributed by atoms with Crippen LogP contribution in [0.5, 0.6) is 0 Å². The molecule has 3 aromatic rings. The lowest BCUT2D eigenvalue weighted by molar-refractivity contribution is 0.122. The van der Waals surface area contributed by atoms with E-state index in [0.29, 0.717) is 43.9 Å². The molecule has 1 N–H and O–H groups in total. The molecule has 1 fully saturated rings. The summed E-state index contributed by atoms with van der Waals surface area (Å²) in [4.78, 5) is 17.6. The zero-order valence-corrected chi connectivity index (χ0v) is 15.4. The van der Waals surface area contributed by atoms with Gasteiger partial charge in [-0.25, -0.2) is 4.39 Å². The minimum atomic E-state index is -0.440. The molecule has 0 atom stereocenters. The molecule has 2 aromatic carbocycles. The van der Waals surface area contributed by atoms with Crippen molar-refractivity contribution in [2.75, 3.05) is 31.2 Å². The summed E-state index contributed by atoms with van der Waals surface area (Å²) >= 11 is 0. The number of nitrogens with zero attached hydrogens (tertiary/aromatic N) is 2.